The molecule has 102 valence electrons. The van der Waals surface area contributed by atoms with Gasteiger partial charge in [0.05, 0.1) is 27.2 Å². The van der Waals surface area contributed by atoms with E-state index in [0.717, 1.165) is 0 Å². The zero-order valence-electron chi connectivity index (χ0n) is 9.97. The third-order valence-electron chi connectivity index (χ3n) is 2.45. The number of hydrogen-bond acceptors (Lipinski definition) is 3. The van der Waals surface area contributed by atoms with Crippen molar-refractivity contribution in [1.82, 2.24) is 0 Å². The summed E-state index contributed by atoms with van der Waals surface area (Å²) in [5.41, 5.74) is 0.627. The average molecular weight is 372 g/mol. The summed E-state index contributed by atoms with van der Waals surface area (Å²) in [6.45, 7) is 0. The van der Waals surface area contributed by atoms with Gasteiger partial charge in [-0.1, -0.05) is 17.7 Å². The fraction of sp³-hybridized carbons (Fsp3) is 0. The van der Waals surface area contributed by atoms with Crippen LogP contribution in [0.25, 0.3) is 0 Å². The first-order valence-electron chi connectivity index (χ1n) is 5.40. The third-order valence-corrected chi connectivity index (χ3v) is 5.06. The van der Waals surface area contributed by atoms with Crippen LogP contribution in [-0.2, 0) is 10.0 Å². The van der Waals surface area contributed by atoms with Crippen LogP contribution in [0.1, 0.15) is 5.56 Å². The lowest BCUT2D eigenvalue weighted by Crippen LogP contribution is -2.13. The van der Waals surface area contributed by atoms with Crippen molar-refractivity contribution in [1.29, 1.82) is 5.26 Å². The van der Waals surface area contributed by atoms with Gasteiger partial charge in [-0.3, -0.25) is 4.72 Å². The SMILES string of the molecule is N#Cc1cccc(S(=O)(=O)Nc2ccc(Br)c(Cl)c2)c1. The lowest BCUT2D eigenvalue weighted by Gasteiger charge is -2.09. The molecule has 0 saturated heterocycles. The molecular weight excluding hydrogens is 364 g/mol. The molecule has 0 bridgehead atoms. The Kier molecular flexibility index (Phi) is 4.33. The Hall–Kier alpha value is -1.55. The molecule has 0 heterocycles. The molecule has 0 amide bonds. The predicted octanol–water partition coefficient (Wildman–Crippen LogP) is 3.77. The Balaban J connectivity index is 2.35. The lowest BCUT2D eigenvalue weighted by molar-refractivity contribution is 0.601. The Morgan fingerprint density at radius 3 is 2.60 bits per heavy atom. The van der Waals surface area contributed by atoms with Gasteiger partial charge in [-0.25, -0.2) is 8.42 Å². The number of nitriles is 1. The molecule has 7 heteroatoms. The number of hydrogen-bond donors (Lipinski definition) is 1. The van der Waals surface area contributed by atoms with Crippen molar-refractivity contribution in [2.45, 2.75) is 4.90 Å². The molecular formula is C13H8BrClN2O2S. The van der Waals surface area contributed by atoms with Crippen LogP contribution in [-0.4, -0.2) is 8.42 Å². The number of halogens is 2. The number of benzene rings is 2. The summed E-state index contributed by atoms with van der Waals surface area (Å²) in [5.74, 6) is 0. The van der Waals surface area contributed by atoms with Crippen molar-refractivity contribution in [3.63, 3.8) is 0 Å². The van der Waals surface area contributed by atoms with Crippen LogP contribution in [0, 0.1) is 11.3 Å². The normalized spacial score (nSPS) is 10.8. The highest BCUT2D eigenvalue weighted by Crippen LogP contribution is 2.27. The third kappa shape index (κ3) is 3.31. The summed E-state index contributed by atoms with van der Waals surface area (Å²) in [7, 11) is -3.75. The molecule has 1 N–H and O–H groups in total. The van der Waals surface area contributed by atoms with Crippen LogP contribution in [0.5, 0.6) is 0 Å². The Bertz CT molecular complexity index is 800. The Morgan fingerprint density at radius 2 is 1.95 bits per heavy atom. The summed E-state index contributed by atoms with van der Waals surface area (Å²) in [6.07, 6.45) is 0. The number of anilines is 1. The van der Waals surface area contributed by atoms with Crippen molar-refractivity contribution in [3.8, 4) is 6.07 Å². The van der Waals surface area contributed by atoms with Gasteiger partial charge in [-0.15, -0.1) is 0 Å². The van der Waals surface area contributed by atoms with E-state index in [1.54, 1.807) is 12.1 Å². The molecule has 0 aliphatic carbocycles. The maximum Gasteiger partial charge on any atom is 0.261 e. The minimum absolute atomic E-state index is 0.0237. The average Bonchev–Trinajstić information content (AvgIpc) is 2.43. The summed E-state index contributed by atoms with van der Waals surface area (Å²) in [6, 6.07) is 12.4. The van der Waals surface area contributed by atoms with E-state index < -0.39 is 10.0 Å². The molecule has 2 aromatic carbocycles. The van der Waals surface area contributed by atoms with Gasteiger partial charge in [0.25, 0.3) is 10.0 Å². The molecule has 0 aromatic heterocycles. The van der Waals surface area contributed by atoms with E-state index in [1.165, 1.54) is 30.3 Å². The van der Waals surface area contributed by atoms with Crippen LogP contribution in [0.15, 0.2) is 51.8 Å². The maximum atomic E-state index is 12.2. The summed E-state index contributed by atoms with van der Waals surface area (Å²) in [5, 5.41) is 9.20. The number of rotatable bonds is 3. The monoisotopic (exact) mass is 370 g/mol. The second-order valence-electron chi connectivity index (χ2n) is 3.87. The number of nitrogens with zero attached hydrogens (tertiary/aromatic N) is 1. The number of sulfonamides is 1. The van der Waals surface area contributed by atoms with E-state index in [4.69, 9.17) is 16.9 Å². The topological polar surface area (TPSA) is 70.0 Å². The summed E-state index contributed by atoms with van der Waals surface area (Å²) in [4.78, 5) is 0.0237. The Labute approximate surface area is 130 Å². The van der Waals surface area contributed by atoms with Gasteiger partial charge in [0, 0.05) is 4.47 Å². The first-order chi connectivity index (χ1) is 9.42. The molecule has 0 radical (unpaired) electrons. The summed E-state index contributed by atoms with van der Waals surface area (Å²) >= 11 is 9.14. The lowest BCUT2D eigenvalue weighted by atomic mass is 10.2. The highest BCUT2D eigenvalue weighted by atomic mass is 79.9. The van der Waals surface area contributed by atoms with Crippen molar-refractivity contribution in [2.75, 3.05) is 4.72 Å². The second kappa shape index (κ2) is 5.83. The molecule has 2 aromatic rings. The standard InChI is InChI=1S/C13H8BrClN2O2S/c14-12-5-4-10(7-13(12)15)17-20(18,19)11-3-1-2-9(6-11)8-16/h1-7,17H. The molecule has 4 nitrogen and oxygen atoms in total. The van der Waals surface area contributed by atoms with Crippen molar-refractivity contribution >= 4 is 43.2 Å². The fourth-order valence-corrected chi connectivity index (χ4v) is 3.03. The van der Waals surface area contributed by atoms with Gasteiger partial charge in [-0.05, 0) is 52.3 Å². The highest BCUT2D eigenvalue weighted by Gasteiger charge is 2.15. The maximum absolute atomic E-state index is 12.2. The fourth-order valence-electron chi connectivity index (χ4n) is 1.51. The van der Waals surface area contributed by atoms with Gasteiger partial charge in [0.15, 0.2) is 0 Å². The minimum atomic E-state index is -3.75. The zero-order valence-corrected chi connectivity index (χ0v) is 13.1. The van der Waals surface area contributed by atoms with Gasteiger partial charge in [0.2, 0.25) is 0 Å². The Morgan fingerprint density at radius 1 is 1.20 bits per heavy atom. The van der Waals surface area contributed by atoms with E-state index >= 15 is 0 Å². The first-order valence-corrected chi connectivity index (χ1v) is 8.06. The minimum Gasteiger partial charge on any atom is -0.280 e. The molecule has 0 unspecified atom stereocenters. The summed E-state index contributed by atoms with van der Waals surface area (Å²) < 4.78 is 27.5. The molecule has 0 fully saturated rings. The van der Waals surface area contributed by atoms with E-state index in [1.807, 2.05) is 6.07 Å². The van der Waals surface area contributed by atoms with Gasteiger partial charge >= 0.3 is 0 Å². The highest BCUT2D eigenvalue weighted by molar-refractivity contribution is 9.10. The van der Waals surface area contributed by atoms with Crippen LogP contribution >= 0.6 is 27.5 Å². The van der Waals surface area contributed by atoms with Crippen LogP contribution < -0.4 is 4.72 Å². The largest absolute Gasteiger partial charge is 0.280 e. The molecule has 0 spiro atoms. The molecule has 0 aliphatic heterocycles. The number of nitrogens with one attached hydrogen (secondary N) is 1. The van der Waals surface area contributed by atoms with Gasteiger partial charge in [0.1, 0.15) is 0 Å². The van der Waals surface area contributed by atoms with Crippen molar-refractivity contribution < 1.29 is 8.42 Å². The quantitative estimate of drug-likeness (QED) is 0.892. The van der Waals surface area contributed by atoms with E-state index in [9.17, 15) is 8.42 Å². The van der Waals surface area contributed by atoms with Gasteiger partial charge < -0.3 is 0 Å². The first kappa shape index (κ1) is 14.9. The van der Waals surface area contributed by atoms with Crippen LogP contribution in [0.4, 0.5) is 5.69 Å². The van der Waals surface area contributed by atoms with Crippen molar-refractivity contribution in [2.24, 2.45) is 0 Å². The molecule has 0 atom stereocenters. The predicted molar refractivity (Wildman–Crippen MR) is 81.1 cm³/mol. The van der Waals surface area contributed by atoms with Gasteiger partial charge in [-0.2, -0.15) is 5.26 Å². The zero-order chi connectivity index (χ0) is 14.8. The molecule has 2 rings (SSSR count). The van der Waals surface area contributed by atoms with Crippen LogP contribution in [0.3, 0.4) is 0 Å². The molecule has 0 saturated carbocycles. The molecule has 20 heavy (non-hydrogen) atoms. The van der Waals surface area contributed by atoms with E-state index in [-0.39, 0.29) is 10.5 Å². The smallest absolute Gasteiger partial charge is 0.261 e. The van der Waals surface area contributed by atoms with E-state index in [0.29, 0.717) is 15.2 Å². The van der Waals surface area contributed by atoms with Crippen molar-refractivity contribution in [3.05, 3.63) is 57.5 Å². The second-order valence-corrected chi connectivity index (χ2v) is 6.82. The molecule has 0 aliphatic rings. The van der Waals surface area contributed by atoms with E-state index in [2.05, 4.69) is 20.7 Å². The van der Waals surface area contributed by atoms with Crippen LogP contribution in [0.2, 0.25) is 5.02 Å².